The van der Waals surface area contributed by atoms with Crippen molar-refractivity contribution in [1.82, 2.24) is 4.98 Å². The minimum atomic E-state index is 0.121. The number of nitrogens with one attached hydrogen (secondary N) is 1. The predicted molar refractivity (Wildman–Crippen MR) is 84.5 cm³/mol. The molecule has 1 heteroatoms. The molecule has 0 amide bonds. The Balaban J connectivity index is 2.15. The molecule has 2 aliphatic rings. The molecule has 0 fully saturated rings. The van der Waals surface area contributed by atoms with Crippen LogP contribution in [0.4, 0.5) is 0 Å². The quantitative estimate of drug-likeness (QED) is 0.656. The van der Waals surface area contributed by atoms with E-state index in [-0.39, 0.29) is 10.8 Å². The van der Waals surface area contributed by atoms with E-state index in [0.29, 0.717) is 0 Å². The topological polar surface area (TPSA) is 15.8 Å². The van der Waals surface area contributed by atoms with Gasteiger partial charge in [0.15, 0.2) is 0 Å². The molecule has 3 rings (SSSR count). The first-order valence-electron chi connectivity index (χ1n) is 6.89. The van der Waals surface area contributed by atoms with Crippen molar-refractivity contribution in [2.75, 3.05) is 0 Å². The Labute approximate surface area is 115 Å². The zero-order chi connectivity index (χ0) is 13.7. The number of rotatable bonds is 0. The van der Waals surface area contributed by atoms with Crippen LogP contribution < -0.4 is 0 Å². The Morgan fingerprint density at radius 1 is 0.632 bits per heavy atom. The van der Waals surface area contributed by atoms with E-state index in [1.165, 1.54) is 22.5 Å². The van der Waals surface area contributed by atoms with Gasteiger partial charge in [0, 0.05) is 33.3 Å². The first kappa shape index (κ1) is 12.3. The second-order valence-electron chi connectivity index (χ2n) is 6.76. The third-order valence-corrected chi connectivity index (χ3v) is 3.86. The van der Waals surface area contributed by atoms with Gasteiger partial charge in [0.25, 0.3) is 0 Å². The molecule has 1 N–H and O–H groups in total. The molecule has 1 aromatic heterocycles. The van der Waals surface area contributed by atoms with Gasteiger partial charge in [-0.2, -0.15) is 0 Å². The summed E-state index contributed by atoms with van der Waals surface area (Å²) in [6.45, 7) is 8.90. The maximum Gasteiger partial charge on any atom is 0.0461 e. The molecular formula is C18H21N. The van der Waals surface area contributed by atoms with E-state index >= 15 is 0 Å². The van der Waals surface area contributed by atoms with Gasteiger partial charge in [-0.1, -0.05) is 64.2 Å². The van der Waals surface area contributed by atoms with Crippen molar-refractivity contribution >= 4 is 24.3 Å². The molecule has 19 heavy (non-hydrogen) atoms. The first-order chi connectivity index (χ1) is 8.86. The number of aromatic amines is 1. The highest BCUT2D eigenvalue weighted by Gasteiger charge is 2.20. The van der Waals surface area contributed by atoms with E-state index < -0.39 is 0 Å². The summed E-state index contributed by atoms with van der Waals surface area (Å²) >= 11 is 0. The summed E-state index contributed by atoms with van der Waals surface area (Å²) < 4.78 is 0. The molecule has 0 aliphatic heterocycles. The number of hydrogen-bond acceptors (Lipinski definition) is 0. The summed E-state index contributed by atoms with van der Waals surface area (Å²) in [4.78, 5) is 3.53. The van der Waals surface area contributed by atoms with Crippen LogP contribution >= 0.6 is 0 Å². The van der Waals surface area contributed by atoms with E-state index in [0.717, 1.165) is 0 Å². The third-order valence-electron chi connectivity index (χ3n) is 3.86. The maximum atomic E-state index is 3.53. The van der Waals surface area contributed by atoms with Crippen LogP contribution in [0, 0.1) is 10.8 Å². The van der Waals surface area contributed by atoms with Gasteiger partial charge in [0.05, 0.1) is 0 Å². The fraction of sp³-hybridized carbons (Fsp3) is 0.333. The summed E-state index contributed by atoms with van der Waals surface area (Å²) in [5.74, 6) is 0. The molecule has 0 radical (unpaired) electrons. The molecule has 0 unspecified atom stereocenters. The fourth-order valence-corrected chi connectivity index (χ4v) is 2.50. The summed E-state index contributed by atoms with van der Waals surface area (Å²) in [6.07, 6.45) is 18.0. The molecule has 1 aromatic rings. The highest BCUT2D eigenvalue weighted by atomic mass is 14.7. The van der Waals surface area contributed by atoms with Gasteiger partial charge in [-0.05, 0) is 12.2 Å². The van der Waals surface area contributed by atoms with Crippen molar-refractivity contribution < 1.29 is 0 Å². The fourth-order valence-electron chi connectivity index (χ4n) is 2.50. The van der Waals surface area contributed by atoms with Crippen LogP contribution in [0.2, 0.25) is 0 Å². The van der Waals surface area contributed by atoms with Gasteiger partial charge in [0.2, 0.25) is 0 Å². The van der Waals surface area contributed by atoms with Crippen LogP contribution in [0.5, 0.6) is 0 Å². The van der Waals surface area contributed by atoms with Crippen LogP contribution in [0.1, 0.15) is 50.2 Å². The van der Waals surface area contributed by atoms with Crippen LogP contribution in [-0.2, 0) is 0 Å². The standard InChI is InChI=1S/C18H21N/c1-17(2)9-5-13-14-6-10-18(3,4)12-8-16(14)19-15(13)7-11-17/h5-12,19H,1-4H3. The Morgan fingerprint density at radius 3 is 1.42 bits per heavy atom. The van der Waals surface area contributed by atoms with Gasteiger partial charge < -0.3 is 4.98 Å². The Morgan fingerprint density at radius 2 is 1.00 bits per heavy atom. The lowest BCUT2D eigenvalue weighted by molar-refractivity contribution is 0.633. The Hall–Kier alpha value is -1.76. The van der Waals surface area contributed by atoms with Crippen molar-refractivity contribution in [3.63, 3.8) is 0 Å². The molecule has 1 heterocycles. The van der Waals surface area contributed by atoms with Crippen LogP contribution in [0.15, 0.2) is 24.3 Å². The highest BCUT2D eigenvalue weighted by Crippen LogP contribution is 2.35. The maximum absolute atomic E-state index is 3.53. The van der Waals surface area contributed by atoms with Gasteiger partial charge in [-0.15, -0.1) is 0 Å². The second kappa shape index (κ2) is 3.86. The van der Waals surface area contributed by atoms with E-state index in [1.54, 1.807) is 0 Å². The van der Waals surface area contributed by atoms with Gasteiger partial charge >= 0.3 is 0 Å². The van der Waals surface area contributed by atoms with E-state index in [4.69, 9.17) is 0 Å². The average molecular weight is 251 g/mol. The minimum Gasteiger partial charge on any atom is -0.355 e. The lowest BCUT2D eigenvalue weighted by Gasteiger charge is -2.12. The molecule has 98 valence electrons. The van der Waals surface area contributed by atoms with Crippen molar-refractivity contribution in [2.24, 2.45) is 10.8 Å². The molecule has 0 saturated heterocycles. The van der Waals surface area contributed by atoms with Crippen molar-refractivity contribution in [3.8, 4) is 0 Å². The number of H-pyrrole nitrogens is 1. The summed E-state index contributed by atoms with van der Waals surface area (Å²) in [7, 11) is 0. The average Bonchev–Trinajstić information content (AvgIpc) is 2.49. The van der Waals surface area contributed by atoms with Crippen molar-refractivity contribution in [2.45, 2.75) is 27.7 Å². The zero-order valence-electron chi connectivity index (χ0n) is 12.1. The van der Waals surface area contributed by atoms with Gasteiger partial charge in [0.1, 0.15) is 0 Å². The molecule has 0 saturated carbocycles. The minimum absolute atomic E-state index is 0.121. The molecular weight excluding hydrogens is 230 g/mol. The van der Waals surface area contributed by atoms with Crippen LogP contribution in [-0.4, -0.2) is 4.98 Å². The predicted octanol–water partition coefficient (Wildman–Crippen LogP) is 5.15. The molecule has 2 aliphatic carbocycles. The SMILES string of the molecule is CC1(C)C=Cc2[nH]c3c(c2C=C1)C=CC(C)(C)C=C3. The summed E-state index contributed by atoms with van der Waals surface area (Å²) in [5.41, 5.74) is 5.26. The summed E-state index contributed by atoms with van der Waals surface area (Å²) in [6, 6.07) is 0. The van der Waals surface area contributed by atoms with E-state index in [1.807, 2.05) is 0 Å². The van der Waals surface area contributed by atoms with Crippen LogP contribution in [0.3, 0.4) is 0 Å². The normalized spacial score (nSPS) is 21.7. The Kier molecular flexibility index (Phi) is 2.50. The third kappa shape index (κ3) is 2.25. The van der Waals surface area contributed by atoms with Crippen molar-refractivity contribution in [3.05, 3.63) is 46.8 Å². The lowest BCUT2D eigenvalue weighted by atomic mass is 9.92. The monoisotopic (exact) mass is 251 g/mol. The molecule has 0 aromatic carbocycles. The number of hydrogen-bond donors (Lipinski definition) is 1. The van der Waals surface area contributed by atoms with E-state index in [2.05, 4.69) is 81.3 Å². The lowest BCUT2D eigenvalue weighted by Crippen LogP contribution is -2.00. The molecule has 0 atom stereocenters. The zero-order valence-corrected chi connectivity index (χ0v) is 12.1. The van der Waals surface area contributed by atoms with Crippen LogP contribution in [0.25, 0.3) is 24.3 Å². The van der Waals surface area contributed by atoms with E-state index in [9.17, 15) is 0 Å². The number of fused-ring (bicyclic) bond motifs is 3. The number of aromatic nitrogens is 1. The molecule has 0 bridgehead atoms. The second-order valence-corrected chi connectivity index (χ2v) is 6.76. The highest BCUT2D eigenvalue weighted by molar-refractivity contribution is 5.81. The van der Waals surface area contributed by atoms with Gasteiger partial charge in [-0.3, -0.25) is 0 Å². The molecule has 0 spiro atoms. The van der Waals surface area contributed by atoms with Gasteiger partial charge in [-0.25, -0.2) is 0 Å². The number of allylic oxidation sites excluding steroid dienone is 4. The summed E-state index contributed by atoms with van der Waals surface area (Å²) in [5, 5.41) is 0. The smallest absolute Gasteiger partial charge is 0.0461 e. The Bertz CT molecular complexity index is 576. The van der Waals surface area contributed by atoms with Crippen molar-refractivity contribution in [1.29, 1.82) is 0 Å². The first-order valence-corrected chi connectivity index (χ1v) is 6.89. The largest absolute Gasteiger partial charge is 0.355 e. The molecule has 1 nitrogen and oxygen atoms in total.